The Bertz CT molecular complexity index is 1030. The summed E-state index contributed by atoms with van der Waals surface area (Å²) in [6.07, 6.45) is 2.92. The van der Waals surface area contributed by atoms with Crippen molar-refractivity contribution in [1.82, 2.24) is 4.98 Å². The highest BCUT2D eigenvalue weighted by atomic mass is 35.5. The fourth-order valence-corrected chi connectivity index (χ4v) is 3.19. The molecule has 0 fully saturated rings. The van der Waals surface area contributed by atoms with Crippen LogP contribution in [-0.2, 0) is 4.79 Å². The molecule has 1 aromatic carbocycles. The molecule has 0 saturated heterocycles. The maximum Gasteiger partial charge on any atom is 0.294 e. The molecule has 1 aliphatic heterocycles. The SMILES string of the molecule is O=C(C1=C(O)C(=O)N(c2ccc(Cl)cc2)C1c1ccccn1)c1ccco1. The second-order valence-electron chi connectivity index (χ2n) is 5.88. The van der Waals surface area contributed by atoms with Gasteiger partial charge in [0.25, 0.3) is 5.91 Å². The Balaban J connectivity index is 1.87. The summed E-state index contributed by atoms with van der Waals surface area (Å²) in [5.41, 5.74) is 0.845. The van der Waals surface area contributed by atoms with Crippen molar-refractivity contribution in [2.75, 3.05) is 4.90 Å². The van der Waals surface area contributed by atoms with E-state index >= 15 is 0 Å². The largest absolute Gasteiger partial charge is 0.503 e. The highest BCUT2D eigenvalue weighted by Gasteiger charge is 2.45. The molecule has 0 bridgehead atoms. The molecule has 6 nitrogen and oxygen atoms in total. The van der Waals surface area contributed by atoms with Gasteiger partial charge < -0.3 is 9.52 Å². The molecule has 1 unspecified atom stereocenters. The molecule has 27 heavy (non-hydrogen) atoms. The Kier molecular flexibility index (Phi) is 4.25. The molecule has 1 atom stereocenters. The van der Waals surface area contributed by atoms with E-state index in [1.165, 1.54) is 17.2 Å². The summed E-state index contributed by atoms with van der Waals surface area (Å²) < 4.78 is 5.17. The monoisotopic (exact) mass is 380 g/mol. The summed E-state index contributed by atoms with van der Waals surface area (Å²) in [5, 5.41) is 11.0. The molecular weight excluding hydrogens is 368 g/mol. The van der Waals surface area contributed by atoms with Crippen molar-refractivity contribution >= 4 is 29.0 Å². The normalized spacial score (nSPS) is 16.9. The van der Waals surface area contributed by atoms with E-state index in [0.717, 1.165) is 0 Å². The number of rotatable bonds is 4. The minimum Gasteiger partial charge on any atom is -0.503 e. The van der Waals surface area contributed by atoms with E-state index in [1.807, 2.05) is 0 Å². The van der Waals surface area contributed by atoms with Gasteiger partial charge in [-0.1, -0.05) is 17.7 Å². The number of anilines is 1. The van der Waals surface area contributed by atoms with Crippen molar-refractivity contribution in [2.24, 2.45) is 0 Å². The van der Waals surface area contributed by atoms with Crippen molar-refractivity contribution in [3.8, 4) is 0 Å². The molecule has 2 aromatic heterocycles. The van der Waals surface area contributed by atoms with Crippen LogP contribution >= 0.6 is 11.6 Å². The van der Waals surface area contributed by atoms with Gasteiger partial charge in [-0.3, -0.25) is 19.5 Å². The zero-order valence-corrected chi connectivity index (χ0v) is 14.6. The van der Waals surface area contributed by atoms with Crippen molar-refractivity contribution in [2.45, 2.75) is 6.04 Å². The van der Waals surface area contributed by atoms with Gasteiger partial charge in [-0.25, -0.2) is 0 Å². The first-order valence-corrected chi connectivity index (χ1v) is 8.47. The van der Waals surface area contributed by atoms with Crippen molar-refractivity contribution in [3.63, 3.8) is 0 Å². The first kappa shape index (κ1) is 17.1. The number of ketones is 1. The Morgan fingerprint density at radius 1 is 1.11 bits per heavy atom. The molecule has 1 amide bonds. The third-order valence-corrected chi connectivity index (χ3v) is 4.52. The lowest BCUT2D eigenvalue weighted by Gasteiger charge is -2.25. The predicted octanol–water partition coefficient (Wildman–Crippen LogP) is 4.11. The van der Waals surface area contributed by atoms with E-state index in [1.54, 1.807) is 54.7 Å². The van der Waals surface area contributed by atoms with Crippen molar-refractivity contribution in [1.29, 1.82) is 0 Å². The summed E-state index contributed by atoms with van der Waals surface area (Å²) in [6.45, 7) is 0. The number of aromatic nitrogens is 1. The fraction of sp³-hybridized carbons (Fsp3) is 0.0500. The van der Waals surface area contributed by atoms with Crippen LogP contribution in [0.15, 0.2) is 82.8 Å². The van der Waals surface area contributed by atoms with E-state index in [0.29, 0.717) is 16.4 Å². The summed E-state index contributed by atoms with van der Waals surface area (Å²) in [7, 11) is 0. The van der Waals surface area contributed by atoms with Crippen LogP contribution in [0, 0.1) is 0 Å². The lowest BCUT2D eigenvalue weighted by Crippen LogP contribution is -2.31. The maximum atomic E-state index is 12.9. The zero-order chi connectivity index (χ0) is 19.0. The van der Waals surface area contributed by atoms with Crippen LogP contribution < -0.4 is 4.90 Å². The average molecular weight is 381 g/mol. The van der Waals surface area contributed by atoms with Crippen LogP contribution in [0.5, 0.6) is 0 Å². The van der Waals surface area contributed by atoms with Gasteiger partial charge in [0.15, 0.2) is 11.5 Å². The van der Waals surface area contributed by atoms with Gasteiger partial charge in [0.05, 0.1) is 17.5 Å². The van der Waals surface area contributed by atoms with Crippen molar-refractivity contribution < 1.29 is 19.1 Å². The number of aliphatic hydroxyl groups is 1. The van der Waals surface area contributed by atoms with Gasteiger partial charge in [-0.05, 0) is 48.5 Å². The summed E-state index contributed by atoms with van der Waals surface area (Å²) in [4.78, 5) is 31.4. The molecule has 1 N–H and O–H groups in total. The summed E-state index contributed by atoms with van der Waals surface area (Å²) >= 11 is 5.94. The molecule has 0 aliphatic carbocycles. The van der Waals surface area contributed by atoms with Crippen LogP contribution in [-0.4, -0.2) is 21.8 Å². The molecule has 3 aromatic rings. The van der Waals surface area contributed by atoms with Crippen LogP contribution in [0.4, 0.5) is 5.69 Å². The van der Waals surface area contributed by atoms with Gasteiger partial charge in [-0.2, -0.15) is 0 Å². The number of hydrogen-bond acceptors (Lipinski definition) is 5. The van der Waals surface area contributed by atoms with Crippen LogP contribution in [0.3, 0.4) is 0 Å². The molecule has 0 radical (unpaired) electrons. The molecule has 134 valence electrons. The van der Waals surface area contributed by atoms with E-state index in [-0.39, 0.29) is 11.3 Å². The van der Waals surface area contributed by atoms with Gasteiger partial charge >= 0.3 is 0 Å². The zero-order valence-electron chi connectivity index (χ0n) is 13.9. The second kappa shape index (κ2) is 6.74. The molecule has 0 spiro atoms. The molecular formula is C20H13ClN2O4. The van der Waals surface area contributed by atoms with Gasteiger partial charge in [0, 0.05) is 16.9 Å². The summed E-state index contributed by atoms with van der Waals surface area (Å²) in [6, 6.07) is 13.9. The Morgan fingerprint density at radius 2 is 1.89 bits per heavy atom. The molecule has 3 heterocycles. The number of halogens is 1. The number of carbonyl (C=O) groups is 2. The lowest BCUT2D eigenvalue weighted by molar-refractivity contribution is -0.117. The number of amides is 1. The van der Waals surface area contributed by atoms with Gasteiger partial charge in [0.2, 0.25) is 5.78 Å². The minimum absolute atomic E-state index is 0.0308. The Labute approximate surface area is 159 Å². The Morgan fingerprint density at radius 3 is 2.52 bits per heavy atom. The number of pyridine rings is 1. The number of carbonyl (C=O) groups excluding carboxylic acids is 2. The van der Waals surface area contributed by atoms with Crippen molar-refractivity contribution in [3.05, 3.63) is 94.9 Å². The third kappa shape index (κ3) is 2.90. The molecule has 4 rings (SSSR count). The number of hydrogen-bond donors (Lipinski definition) is 1. The van der Waals surface area contributed by atoms with Gasteiger partial charge in [-0.15, -0.1) is 0 Å². The van der Waals surface area contributed by atoms with Gasteiger partial charge in [0.1, 0.15) is 6.04 Å². The third-order valence-electron chi connectivity index (χ3n) is 4.27. The van der Waals surface area contributed by atoms with Crippen LogP contribution in [0.1, 0.15) is 22.3 Å². The smallest absolute Gasteiger partial charge is 0.294 e. The van der Waals surface area contributed by atoms with E-state index in [9.17, 15) is 14.7 Å². The first-order chi connectivity index (χ1) is 13.1. The minimum atomic E-state index is -0.891. The molecule has 7 heteroatoms. The second-order valence-corrected chi connectivity index (χ2v) is 6.31. The lowest BCUT2D eigenvalue weighted by atomic mass is 9.98. The maximum absolute atomic E-state index is 12.9. The topological polar surface area (TPSA) is 83.6 Å². The van der Waals surface area contributed by atoms with Crippen LogP contribution in [0.2, 0.25) is 5.02 Å². The quantitative estimate of drug-likeness (QED) is 0.688. The molecule has 0 saturated carbocycles. The first-order valence-electron chi connectivity index (χ1n) is 8.09. The number of nitrogens with zero attached hydrogens (tertiary/aromatic N) is 2. The number of furan rings is 1. The van der Waals surface area contributed by atoms with E-state index in [2.05, 4.69) is 4.98 Å². The highest BCUT2D eigenvalue weighted by molar-refractivity contribution is 6.30. The predicted molar refractivity (Wildman–Crippen MR) is 98.6 cm³/mol. The summed E-state index contributed by atoms with van der Waals surface area (Å²) in [5.74, 6) is -1.86. The Hall–Kier alpha value is -3.38. The number of aliphatic hydroxyl groups excluding tert-OH is 1. The highest BCUT2D eigenvalue weighted by Crippen LogP contribution is 2.41. The number of Topliss-reactive ketones (excluding diaryl/α,β-unsaturated/α-hetero) is 1. The van der Waals surface area contributed by atoms with Crippen LogP contribution in [0.25, 0.3) is 0 Å². The van der Waals surface area contributed by atoms with E-state index in [4.69, 9.17) is 16.0 Å². The standard InChI is InChI=1S/C20H13ClN2O4/c21-12-6-8-13(9-7-12)23-17(14-4-1-2-10-22-14)16(19(25)20(23)26)18(24)15-5-3-11-27-15/h1-11,17,25H. The van der Waals surface area contributed by atoms with E-state index < -0.39 is 23.5 Å². The fourth-order valence-electron chi connectivity index (χ4n) is 3.06. The molecule has 1 aliphatic rings. The average Bonchev–Trinajstić information content (AvgIpc) is 3.31. The number of benzene rings is 1.